The van der Waals surface area contributed by atoms with E-state index in [9.17, 15) is 13.2 Å². The van der Waals surface area contributed by atoms with E-state index < -0.39 is 16.1 Å². The smallest absolute Gasteiger partial charge is 0.246 e. The normalized spacial score (nSPS) is 12.2. The third kappa shape index (κ3) is 4.87. The van der Waals surface area contributed by atoms with Crippen molar-refractivity contribution in [3.05, 3.63) is 42.5 Å². The summed E-state index contributed by atoms with van der Waals surface area (Å²) in [7, 11) is -0.690. The molecule has 2 aromatic rings. The van der Waals surface area contributed by atoms with Gasteiger partial charge in [0.05, 0.1) is 19.1 Å². The lowest BCUT2D eigenvalue weighted by molar-refractivity contribution is -0.116. The van der Waals surface area contributed by atoms with Crippen LogP contribution < -0.4 is 25.2 Å². The summed E-state index contributed by atoms with van der Waals surface area (Å²) in [6.45, 7) is 1.70. The SMILES string of the molecule is COc1ccc(N[C@H](C)C(=O)Nc2ccc(S(N)(=O)=O)cc2)cc1OC. The fourth-order valence-corrected chi connectivity index (χ4v) is 2.74. The van der Waals surface area contributed by atoms with E-state index in [4.69, 9.17) is 14.6 Å². The monoisotopic (exact) mass is 379 g/mol. The number of nitrogens with one attached hydrogen (secondary N) is 2. The summed E-state index contributed by atoms with van der Waals surface area (Å²) >= 11 is 0. The first-order valence-electron chi connectivity index (χ1n) is 7.67. The van der Waals surface area contributed by atoms with Gasteiger partial charge in [-0.25, -0.2) is 13.6 Å². The van der Waals surface area contributed by atoms with E-state index in [2.05, 4.69) is 10.6 Å². The third-order valence-electron chi connectivity index (χ3n) is 3.61. The molecule has 0 aliphatic heterocycles. The highest BCUT2D eigenvalue weighted by molar-refractivity contribution is 7.89. The Morgan fingerprint density at radius 3 is 2.12 bits per heavy atom. The zero-order valence-electron chi connectivity index (χ0n) is 14.6. The van der Waals surface area contributed by atoms with Crippen LogP contribution in [0.4, 0.5) is 11.4 Å². The fourth-order valence-electron chi connectivity index (χ4n) is 2.22. The van der Waals surface area contributed by atoms with E-state index >= 15 is 0 Å². The number of nitrogens with two attached hydrogens (primary N) is 1. The van der Waals surface area contributed by atoms with Gasteiger partial charge in [-0.15, -0.1) is 0 Å². The Morgan fingerprint density at radius 2 is 1.58 bits per heavy atom. The number of sulfonamides is 1. The van der Waals surface area contributed by atoms with Crippen molar-refractivity contribution >= 4 is 27.3 Å². The minimum Gasteiger partial charge on any atom is -0.493 e. The van der Waals surface area contributed by atoms with Gasteiger partial charge in [0.25, 0.3) is 0 Å². The fraction of sp³-hybridized carbons (Fsp3) is 0.235. The number of methoxy groups -OCH3 is 2. The van der Waals surface area contributed by atoms with E-state index in [0.717, 1.165) is 0 Å². The van der Waals surface area contributed by atoms with Crippen LogP contribution >= 0.6 is 0 Å². The quantitative estimate of drug-likeness (QED) is 0.675. The Balaban J connectivity index is 2.03. The van der Waals surface area contributed by atoms with Gasteiger partial charge in [-0.2, -0.15) is 0 Å². The molecule has 1 amide bonds. The molecule has 9 heteroatoms. The largest absolute Gasteiger partial charge is 0.493 e. The maximum absolute atomic E-state index is 12.3. The number of benzene rings is 2. The molecule has 140 valence electrons. The summed E-state index contributed by atoms with van der Waals surface area (Å²) < 4.78 is 32.9. The van der Waals surface area contributed by atoms with Crippen LogP contribution in [0.25, 0.3) is 0 Å². The van der Waals surface area contributed by atoms with Crippen molar-refractivity contribution in [2.24, 2.45) is 5.14 Å². The highest BCUT2D eigenvalue weighted by Gasteiger charge is 2.15. The highest BCUT2D eigenvalue weighted by Crippen LogP contribution is 2.30. The molecule has 2 aromatic carbocycles. The second kappa shape index (κ2) is 8.07. The molecule has 4 N–H and O–H groups in total. The van der Waals surface area contributed by atoms with Crippen molar-refractivity contribution in [3.63, 3.8) is 0 Å². The summed E-state index contributed by atoms with van der Waals surface area (Å²) in [5.41, 5.74) is 1.15. The minimum atomic E-state index is -3.76. The van der Waals surface area contributed by atoms with E-state index in [1.165, 1.54) is 31.4 Å². The summed E-state index contributed by atoms with van der Waals surface area (Å²) in [5.74, 6) is 0.844. The minimum absolute atomic E-state index is 0.0213. The summed E-state index contributed by atoms with van der Waals surface area (Å²) in [4.78, 5) is 12.3. The Labute approximate surface area is 152 Å². The molecule has 0 aliphatic rings. The van der Waals surface area contributed by atoms with Crippen molar-refractivity contribution in [3.8, 4) is 11.5 Å². The molecule has 26 heavy (non-hydrogen) atoms. The molecular formula is C17H21N3O5S. The van der Waals surface area contributed by atoms with Crippen LogP contribution in [0.15, 0.2) is 47.4 Å². The maximum Gasteiger partial charge on any atom is 0.246 e. The van der Waals surface area contributed by atoms with E-state index in [-0.39, 0.29) is 10.8 Å². The number of ether oxygens (including phenoxy) is 2. The van der Waals surface area contributed by atoms with Crippen LogP contribution in [0.1, 0.15) is 6.92 Å². The van der Waals surface area contributed by atoms with E-state index in [1.54, 1.807) is 32.2 Å². The molecule has 1 atom stereocenters. The van der Waals surface area contributed by atoms with Crippen LogP contribution in [-0.2, 0) is 14.8 Å². The number of carbonyl (C=O) groups is 1. The van der Waals surface area contributed by atoms with Gasteiger partial charge in [-0.3, -0.25) is 4.79 Å². The topological polar surface area (TPSA) is 120 Å². The third-order valence-corrected chi connectivity index (χ3v) is 4.54. The predicted molar refractivity (Wildman–Crippen MR) is 99.1 cm³/mol. The van der Waals surface area contributed by atoms with Gasteiger partial charge in [0.1, 0.15) is 6.04 Å². The molecule has 0 saturated carbocycles. The number of anilines is 2. The standard InChI is InChI=1S/C17H21N3O5S/c1-11(19-13-6-9-15(24-2)16(10-13)25-3)17(21)20-12-4-7-14(8-5-12)26(18,22)23/h4-11,19H,1-3H3,(H,20,21)(H2,18,22,23)/t11-/m1/s1. The molecule has 0 fully saturated rings. The van der Waals surface area contributed by atoms with Crippen molar-refractivity contribution in [1.82, 2.24) is 0 Å². The van der Waals surface area contributed by atoms with Gasteiger partial charge in [0, 0.05) is 17.4 Å². The Bertz CT molecular complexity index is 882. The Kier molecular flexibility index (Phi) is 6.06. The molecule has 0 aliphatic carbocycles. The van der Waals surface area contributed by atoms with Crippen LogP contribution in [0.2, 0.25) is 0 Å². The summed E-state index contributed by atoms with van der Waals surface area (Å²) in [6, 6.07) is 10.3. The molecule has 8 nitrogen and oxygen atoms in total. The van der Waals surface area contributed by atoms with Crippen molar-refractivity contribution < 1.29 is 22.7 Å². The maximum atomic E-state index is 12.3. The zero-order chi connectivity index (χ0) is 19.3. The lowest BCUT2D eigenvalue weighted by atomic mass is 10.2. The van der Waals surface area contributed by atoms with Crippen molar-refractivity contribution in [2.45, 2.75) is 17.9 Å². The van der Waals surface area contributed by atoms with Crippen LogP contribution in [0, 0.1) is 0 Å². The number of rotatable bonds is 7. The summed E-state index contributed by atoms with van der Waals surface area (Å²) in [5, 5.41) is 10.8. The molecule has 0 saturated heterocycles. The highest BCUT2D eigenvalue weighted by atomic mass is 32.2. The molecule has 0 unspecified atom stereocenters. The number of carbonyl (C=O) groups excluding carboxylic acids is 1. The lowest BCUT2D eigenvalue weighted by Crippen LogP contribution is -2.31. The second-order valence-electron chi connectivity index (χ2n) is 5.49. The predicted octanol–water partition coefficient (Wildman–Crippen LogP) is 1.79. The van der Waals surface area contributed by atoms with E-state index in [0.29, 0.717) is 22.9 Å². The molecule has 0 spiro atoms. The average molecular weight is 379 g/mol. The Hall–Kier alpha value is -2.78. The first kappa shape index (κ1) is 19.5. The van der Waals surface area contributed by atoms with Crippen molar-refractivity contribution in [2.75, 3.05) is 24.9 Å². The van der Waals surface area contributed by atoms with Crippen molar-refractivity contribution in [1.29, 1.82) is 0 Å². The first-order valence-corrected chi connectivity index (χ1v) is 9.21. The molecule has 0 heterocycles. The molecule has 0 radical (unpaired) electrons. The van der Waals surface area contributed by atoms with Crippen LogP contribution in [-0.4, -0.2) is 34.6 Å². The van der Waals surface area contributed by atoms with Crippen LogP contribution in [0.5, 0.6) is 11.5 Å². The van der Waals surface area contributed by atoms with Gasteiger partial charge in [0.2, 0.25) is 15.9 Å². The number of primary sulfonamides is 1. The lowest BCUT2D eigenvalue weighted by Gasteiger charge is -2.17. The molecule has 0 aromatic heterocycles. The first-order chi connectivity index (χ1) is 12.2. The van der Waals surface area contributed by atoms with Gasteiger partial charge in [0.15, 0.2) is 11.5 Å². The number of hydrogen-bond acceptors (Lipinski definition) is 6. The van der Waals surface area contributed by atoms with Gasteiger partial charge >= 0.3 is 0 Å². The molecular weight excluding hydrogens is 358 g/mol. The Morgan fingerprint density at radius 1 is 1.00 bits per heavy atom. The molecule has 2 rings (SSSR count). The molecule has 0 bridgehead atoms. The number of amides is 1. The van der Waals surface area contributed by atoms with Gasteiger partial charge < -0.3 is 20.1 Å². The zero-order valence-corrected chi connectivity index (χ0v) is 15.5. The average Bonchev–Trinajstić information content (AvgIpc) is 2.61. The van der Waals surface area contributed by atoms with Crippen LogP contribution in [0.3, 0.4) is 0 Å². The van der Waals surface area contributed by atoms with E-state index in [1.807, 2.05) is 0 Å². The van der Waals surface area contributed by atoms with Gasteiger partial charge in [-0.05, 0) is 43.3 Å². The number of hydrogen-bond donors (Lipinski definition) is 3. The second-order valence-corrected chi connectivity index (χ2v) is 7.06. The van der Waals surface area contributed by atoms with Gasteiger partial charge in [-0.1, -0.05) is 0 Å². The summed E-state index contributed by atoms with van der Waals surface area (Å²) in [6.07, 6.45) is 0.